The molecule has 0 radical (unpaired) electrons. The number of methoxy groups -OCH3 is 9. The van der Waals surface area contributed by atoms with Crippen LogP contribution >= 0.6 is 0 Å². The lowest BCUT2D eigenvalue weighted by Gasteiger charge is -2.28. The molecule has 0 saturated heterocycles. The van der Waals surface area contributed by atoms with Gasteiger partial charge in [-0.1, -0.05) is 72.8 Å². The highest BCUT2D eigenvalue weighted by Crippen LogP contribution is 2.53. The molecule has 0 bridgehead atoms. The second-order valence-electron chi connectivity index (χ2n) is 12.3. The quantitative estimate of drug-likeness (QED) is 0.0951. The van der Waals surface area contributed by atoms with Crippen LogP contribution in [0.15, 0.2) is 127 Å². The first-order valence-electron chi connectivity index (χ1n) is 18.0. The van der Waals surface area contributed by atoms with Crippen LogP contribution in [0.5, 0.6) is 51.7 Å². The van der Waals surface area contributed by atoms with Gasteiger partial charge >= 0.3 is 0 Å². The summed E-state index contributed by atoms with van der Waals surface area (Å²) in [6.07, 6.45) is 0. The summed E-state index contributed by atoms with van der Waals surface area (Å²) in [6, 6.07) is 41.2. The van der Waals surface area contributed by atoms with E-state index < -0.39 is 5.92 Å². The Labute approximate surface area is 330 Å². The average molecular weight is 759 g/mol. The highest BCUT2D eigenvalue weighted by molar-refractivity contribution is 5.66. The minimum atomic E-state index is -0.441. The zero-order valence-corrected chi connectivity index (χ0v) is 33.5. The maximum atomic E-state index is 5.76. The van der Waals surface area contributed by atoms with Gasteiger partial charge in [-0.05, 0) is 54.6 Å². The van der Waals surface area contributed by atoms with E-state index in [1.807, 2.05) is 109 Å². The third-order valence-electron chi connectivity index (χ3n) is 9.61. The van der Waals surface area contributed by atoms with E-state index in [9.17, 15) is 0 Å². The van der Waals surface area contributed by atoms with Crippen LogP contribution in [0, 0.1) is 0 Å². The molecule has 6 aromatic rings. The van der Waals surface area contributed by atoms with Crippen molar-refractivity contribution in [3.8, 4) is 51.7 Å². The van der Waals surface area contributed by atoms with E-state index in [4.69, 9.17) is 42.6 Å². The van der Waals surface area contributed by atoms with Gasteiger partial charge < -0.3 is 42.6 Å². The number of ether oxygens (including phenoxy) is 9. The van der Waals surface area contributed by atoms with E-state index in [-0.39, 0.29) is 5.92 Å². The molecule has 0 aliphatic rings. The van der Waals surface area contributed by atoms with Crippen molar-refractivity contribution < 1.29 is 42.6 Å². The van der Waals surface area contributed by atoms with Crippen LogP contribution < -0.4 is 42.6 Å². The van der Waals surface area contributed by atoms with Crippen molar-refractivity contribution in [3.63, 3.8) is 0 Å². The monoisotopic (exact) mass is 758 g/mol. The fourth-order valence-corrected chi connectivity index (χ4v) is 7.14. The summed E-state index contributed by atoms with van der Waals surface area (Å²) in [5.41, 5.74) is 5.62. The Bertz CT molecular complexity index is 1870. The van der Waals surface area contributed by atoms with Crippen molar-refractivity contribution in [1.82, 2.24) is 0 Å². The molecule has 0 spiro atoms. The van der Waals surface area contributed by atoms with Crippen LogP contribution in [0.3, 0.4) is 0 Å². The van der Waals surface area contributed by atoms with Crippen molar-refractivity contribution in [1.29, 1.82) is 0 Å². The van der Waals surface area contributed by atoms with Crippen LogP contribution in [0.1, 0.15) is 45.2 Å². The summed E-state index contributed by atoms with van der Waals surface area (Å²) in [5, 5.41) is 0. The lowest BCUT2D eigenvalue weighted by Crippen LogP contribution is -2.13. The van der Waals surface area contributed by atoms with E-state index >= 15 is 0 Å². The summed E-state index contributed by atoms with van der Waals surface area (Å²) in [7, 11) is 14.9. The largest absolute Gasteiger partial charge is 0.496 e. The van der Waals surface area contributed by atoms with Gasteiger partial charge in [0.25, 0.3) is 0 Å². The Kier molecular flexibility index (Phi) is 14.3. The SMILES string of the molecule is COc1cccc(OC)c1C(c1c(OC)cccc1OC)c1c(OC)cccc1OC.COc1ccccc1C(c1ccccc1OC)c1ccccc1OC. The van der Waals surface area contributed by atoms with E-state index in [0.29, 0.717) is 34.5 Å². The van der Waals surface area contributed by atoms with E-state index in [2.05, 4.69) is 18.2 Å². The smallest absolute Gasteiger partial charge is 0.126 e. The van der Waals surface area contributed by atoms with Crippen molar-refractivity contribution >= 4 is 0 Å². The topological polar surface area (TPSA) is 83.1 Å². The summed E-state index contributed by atoms with van der Waals surface area (Å²) in [5.74, 6) is 5.95. The maximum Gasteiger partial charge on any atom is 0.126 e. The van der Waals surface area contributed by atoms with Gasteiger partial charge in [0, 0.05) is 39.3 Å². The predicted octanol–water partition coefficient (Wildman–Crippen LogP) is 9.81. The van der Waals surface area contributed by atoms with Gasteiger partial charge in [-0.2, -0.15) is 0 Å². The van der Waals surface area contributed by atoms with Gasteiger partial charge in [-0.25, -0.2) is 0 Å². The molecule has 0 heterocycles. The van der Waals surface area contributed by atoms with E-state index in [0.717, 1.165) is 50.6 Å². The molecule has 9 nitrogen and oxygen atoms in total. The molecule has 9 heteroatoms. The molecule has 0 fully saturated rings. The normalized spacial score (nSPS) is 10.6. The Morgan fingerprint density at radius 3 is 0.643 bits per heavy atom. The number of benzene rings is 6. The average Bonchev–Trinajstić information content (AvgIpc) is 3.27. The fourth-order valence-electron chi connectivity index (χ4n) is 7.14. The number of hydrogen-bond donors (Lipinski definition) is 0. The number of para-hydroxylation sites is 3. The van der Waals surface area contributed by atoms with Crippen LogP contribution in [-0.4, -0.2) is 64.0 Å². The Hall–Kier alpha value is -6.48. The lowest BCUT2D eigenvalue weighted by molar-refractivity contribution is 0.363. The molecule has 56 heavy (non-hydrogen) atoms. The van der Waals surface area contributed by atoms with Crippen molar-refractivity contribution in [3.05, 3.63) is 161 Å². The Balaban J connectivity index is 0.000000219. The molecule has 0 N–H and O–H groups in total. The summed E-state index contributed by atoms with van der Waals surface area (Å²) < 4.78 is 51.5. The van der Waals surface area contributed by atoms with Gasteiger partial charge in [0.15, 0.2) is 0 Å². The molecule has 6 aromatic carbocycles. The van der Waals surface area contributed by atoms with E-state index in [1.54, 1.807) is 64.0 Å². The lowest BCUT2D eigenvalue weighted by atomic mass is 9.82. The molecule has 0 aromatic heterocycles. The fraction of sp³-hybridized carbons (Fsp3) is 0.234. The molecule has 0 aliphatic carbocycles. The first kappa shape index (κ1) is 40.7. The molecule has 292 valence electrons. The van der Waals surface area contributed by atoms with Crippen molar-refractivity contribution in [2.24, 2.45) is 0 Å². The molecule has 0 amide bonds. The minimum absolute atomic E-state index is 0.0663. The molecule has 0 atom stereocenters. The molecule has 6 rings (SSSR count). The van der Waals surface area contributed by atoms with Gasteiger partial charge in [0.2, 0.25) is 0 Å². The first-order valence-corrected chi connectivity index (χ1v) is 18.0. The molecule has 0 aliphatic heterocycles. The molecule has 0 saturated carbocycles. The molecular formula is C47H50O9. The summed E-state index contributed by atoms with van der Waals surface area (Å²) in [4.78, 5) is 0. The van der Waals surface area contributed by atoms with Crippen LogP contribution in [0.25, 0.3) is 0 Å². The van der Waals surface area contributed by atoms with Crippen molar-refractivity contribution in [2.75, 3.05) is 64.0 Å². The van der Waals surface area contributed by atoms with Gasteiger partial charge in [-0.3, -0.25) is 0 Å². The zero-order chi connectivity index (χ0) is 40.0. The van der Waals surface area contributed by atoms with E-state index in [1.165, 1.54) is 0 Å². The van der Waals surface area contributed by atoms with Crippen LogP contribution in [0.2, 0.25) is 0 Å². The highest BCUT2D eigenvalue weighted by Gasteiger charge is 2.34. The maximum absolute atomic E-state index is 5.76. The van der Waals surface area contributed by atoms with Gasteiger partial charge in [0.1, 0.15) is 51.7 Å². The summed E-state index contributed by atoms with van der Waals surface area (Å²) in [6.45, 7) is 0. The van der Waals surface area contributed by atoms with Gasteiger partial charge in [-0.15, -0.1) is 0 Å². The molecular weight excluding hydrogens is 709 g/mol. The second-order valence-corrected chi connectivity index (χ2v) is 12.3. The summed E-state index contributed by atoms with van der Waals surface area (Å²) >= 11 is 0. The first-order chi connectivity index (χ1) is 27.4. The molecule has 0 unspecified atom stereocenters. The standard InChI is InChI=1S/C25H28O6.C22H22O3/c1-26-16-10-7-11-17(27-2)22(16)25(23-18(28-3)12-8-13-19(23)29-4)24-20(30-5)14-9-15-21(24)31-6;1-23-19-13-7-4-10-16(19)22(17-11-5-8-14-20(17)24-2)18-12-6-9-15-21(18)25-3/h7-15,25H,1-6H3;4-15,22H,1-3H3. The third-order valence-corrected chi connectivity index (χ3v) is 9.61. The minimum Gasteiger partial charge on any atom is -0.496 e. The zero-order valence-electron chi connectivity index (χ0n) is 33.5. The number of hydrogen-bond acceptors (Lipinski definition) is 9. The Morgan fingerprint density at radius 1 is 0.232 bits per heavy atom. The third kappa shape index (κ3) is 8.42. The predicted molar refractivity (Wildman–Crippen MR) is 220 cm³/mol. The van der Waals surface area contributed by atoms with Crippen molar-refractivity contribution in [2.45, 2.75) is 11.8 Å². The number of rotatable bonds is 15. The van der Waals surface area contributed by atoms with Gasteiger partial charge in [0.05, 0.1) is 69.9 Å². The second kappa shape index (κ2) is 19.7. The van der Waals surface area contributed by atoms with Crippen LogP contribution in [-0.2, 0) is 0 Å². The highest BCUT2D eigenvalue weighted by atomic mass is 16.5. The Morgan fingerprint density at radius 2 is 0.429 bits per heavy atom. The van der Waals surface area contributed by atoms with Crippen LogP contribution in [0.4, 0.5) is 0 Å².